The van der Waals surface area contributed by atoms with E-state index in [0.717, 1.165) is 16.7 Å². The van der Waals surface area contributed by atoms with E-state index in [4.69, 9.17) is 0 Å². The maximum Gasteiger partial charge on any atom is 0.0991 e. The van der Waals surface area contributed by atoms with Crippen LogP contribution in [0.1, 0.15) is 81.0 Å². The molecule has 3 heterocycles. The van der Waals surface area contributed by atoms with Crippen LogP contribution in [0.4, 0.5) is 0 Å². The van der Waals surface area contributed by atoms with Gasteiger partial charge in [-0.3, -0.25) is 0 Å². The van der Waals surface area contributed by atoms with Crippen molar-refractivity contribution >= 4 is 65.4 Å². The minimum absolute atomic E-state index is 0.0153. The number of benzene rings is 16. The Morgan fingerprint density at radius 2 is 0.694 bits per heavy atom. The minimum atomic E-state index is -0.533. The number of aromatic nitrogens is 3. The molecule has 504 valence electrons. The molecule has 3 aliphatic carbocycles. The molecule has 3 aromatic heterocycles. The van der Waals surface area contributed by atoms with E-state index in [1.807, 2.05) is 36.4 Å². The zero-order chi connectivity index (χ0) is 71.9. The van der Waals surface area contributed by atoms with Crippen LogP contribution in [0.15, 0.2) is 364 Å². The van der Waals surface area contributed by atoms with E-state index < -0.39 is 5.41 Å². The SMILES string of the molecule is CC1(C)c2ccccc2-c2cc(-n3c4ccccc4c4cc(-c5ccc6c(c5)-c5ccccc5C6c5ccc(C#N)cc5)ccc43)ccc21.N#Cc1ccc(-n2c3ccccc3c3cc(-c4ccc5c(c4)c4ccccc4n5-c4cccc5c4C(c4ccccc4)(c4ccccc4)c4ccccc4-5)ccc32)cc1. The van der Waals surface area contributed by atoms with E-state index in [2.05, 4.69) is 367 Å². The lowest BCUT2D eigenvalue weighted by Crippen LogP contribution is -2.29. The van der Waals surface area contributed by atoms with Crippen LogP contribution in [0.3, 0.4) is 0 Å². The van der Waals surface area contributed by atoms with Crippen LogP contribution in [-0.4, -0.2) is 13.7 Å². The van der Waals surface area contributed by atoms with Crippen LogP contribution in [0.2, 0.25) is 0 Å². The number of hydrogen-bond acceptors (Lipinski definition) is 2. The Labute approximate surface area is 626 Å². The van der Waals surface area contributed by atoms with Gasteiger partial charge in [0, 0.05) is 60.6 Å². The molecule has 108 heavy (non-hydrogen) atoms. The highest BCUT2D eigenvalue weighted by molar-refractivity contribution is 6.14. The minimum Gasteiger partial charge on any atom is -0.309 e. The lowest BCUT2D eigenvalue weighted by atomic mass is 9.67. The fourth-order valence-corrected chi connectivity index (χ4v) is 19.0. The number of nitrogens with zero attached hydrogens (tertiary/aromatic N) is 5. The van der Waals surface area contributed by atoms with Crippen LogP contribution in [0.5, 0.6) is 0 Å². The third-order valence-electron chi connectivity index (χ3n) is 23.8. The maximum atomic E-state index is 9.44. The Hall–Kier alpha value is -14.1. The molecule has 22 rings (SSSR count). The summed E-state index contributed by atoms with van der Waals surface area (Å²) in [5.74, 6) is 0.151. The van der Waals surface area contributed by atoms with Crippen molar-refractivity contribution in [1.29, 1.82) is 10.5 Å². The largest absolute Gasteiger partial charge is 0.309 e. The smallest absolute Gasteiger partial charge is 0.0991 e. The third kappa shape index (κ3) is 9.23. The lowest BCUT2D eigenvalue weighted by molar-refractivity contribution is 0.660. The molecule has 0 aliphatic heterocycles. The fourth-order valence-electron chi connectivity index (χ4n) is 19.0. The first-order valence-electron chi connectivity index (χ1n) is 37.2. The summed E-state index contributed by atoms with van der Waals surface area (Å²) < 4.78 is 7.24. The van der Waals surface area contributed by atoms with Crippen molar-refractivity contribution in [3.63, 3.8) is 0 Å². The second kappa shape index (κ2) is 24.2. The van der Waals surface area contributed by atoms with Crippen LogP contribution in [0.25, 0.3) is 138 Å². The van der Waals surface area contributed by atoms with Gasteiger partial charge in [-0.1, -0.05) is 263 Å². The molecule has 0 saturated heterocycles. The van der Waals surface area contributed by atoms with Crippen molar-refractivity contribution in [3.8, 4) is 84.8 Å². The van der Waals surface area contributed by atoms with Crippen molar-refractivity contribution < 1.29 is 0 Å². The molecule has 0 bridgehead atoms. The molecular formula is C103H67N5. The molecule has 3 aliphatic rings. The first-order valence-corrected chi connectivity index (χ1v) is 37.2. The molecule has 0 amide bonds. The summed E-state index contributed by atoms with van der Waals surface area (Å²) in [7, 11) is 0. The van der Waals surface area contributed by atoms with E-state index in [0.29, 0.717) is 11.1 Å². The first kappa shape index (κ1) is 62.5. The molecule has 0 saturated carbocycles. The zero-order valence-electron chi connectivity index (χ0n) is 59.5. The Balaban J connectivity index is 0.000000140. The highest BCUT2D eigenvalue weighted by Gasteiger charge is 2.48. The highest BCUT2D eigenvalue weighted by Crippen LogP contribution is 2.59. The summed E-state index contributed by atoms with van der Waals surface area (Å²) in [4.78, 5) is 0. The monoisotopic (exact) mass is 1370 g/mol. The van der Waals surface area contributed by atoms with Crippen molar-refractivity contribution in [2.24, 2.45) is 0 Å². The van der Waals surface area contributed by atoms with Gasteiger partial charge < -0.3 is 13.7 Å². The van der Waals surface area contributed by atoms with E-state index >= 15 is 0 Å². The van der Waals surface area contributed by atoms with Crippen molar-refractivity contribution in [3.05, 3.63) is 425 Å². The number of fused-ring (bicyclic) bond motifs is 18. The number of para-hydroxylation sites is 3. The topological polar surface area (TPSA) is 62.4 Å². The predicted octanol–water partition coefficient (Wildman–Crippen LogP) is 25.6. The average Bonchev–Trinajstić information content (AvgIpc) is 1.53. The lowest BCUT2D eigenvalue weighted by Gasteiger charge is -2.35. The van der Waals surface area contributed by atoms with Crippen molar-refractivity contribution in [2.75, 3.05) is 0 Å². The first-order chi connectivity index (χ1) is 53.2. The van der Waals surface area contributed by atoms with E-state index in [9.17, 15) is 10.5 Å². The molecule has 1 atom stereocenters. The number of rotatable bonds is 8. The summed E-state index contributed by atoms with van der Waals surface area (Å²) in [6, 6.07) is 137. The van der Waals surface area contributed by atoms with Gasteiger partial charge in [0.25, 0.3) is 0 Å². The van der Waals surface area contributed by atoms with E-state index in [1.54, 1.807) is 0 Å². The Kier molecular flexibility index (Phi) is 14.0. The molecule has 0 radical (unpaired) electrons. The predicted molar refractivity (Wildman–Crippen MR) is 444 cm³/mol. The van der Waals surface area contributed by atoms with Gasteiger partial charge in [-0.25, -0.2) is 0 Å². The van der Waals surface area contributed by atoms with Gasteiger partial charge in [-0.2, -0.15) is 10.5 Å². The molecule has 1 unspecified atom stereocenters. The van der Waals surface area contributed by atoms with Crippen molar-refractivity contribution in [2.45, 2.75) is 30.6 Å². The average molecular weight is 1370 g/mol. The standard InChI is InChI=1S/C56H35N3.C47H32N2/c57-36-37-26-30-42(31-27-37)58-50-23-11-8-19-44(50)47-34-38(28-32-52(47)58)39-29-33-53-48(35-39)45-20-9-12-24-51(45)59(53)54-25-13-21-46-43-18-7-10-22-49(43)56(55(46)54,40-14-3-1-4-15-40)41-16-5-2-6-17-41;1-47(2)42-13-7-5-10-35(42)40-27-33(21-23-43(40)47)49-44-14-8-6-11-36(44)41-26-32(20-24-45(41)49)31-19-22-38-39(25-31)34-9-3-4-12-37(34)46(38)30-17-15-29(28-48)16-18-30/h1-35H;3-27,46H,1-2H3. The van der Waals surface area contributed by atoms with Crippen LogP contribution < -0.4 is 0 Å². The van der Waals surface area contributed by atoms with Crippen LogP contribution in [-0.2, 0) is 10.8 Å². The van der Waals surface area contributed by atoms with Gasteiger partial charge in [-0.05, 0) is 215 Å². The number of nitriles is 2. The van der Waals surface area contributed by atoms with Gasteiger partial charge in [-0.15, -0.1) is 0 Å². The molecular weight excluding hydrogens is 1310 g/mol. The number of hydrogen-bond donors (Lipinski definition) is 0. The van der Waals surface area contributed by atoms with Gasteiger partial charge in [0.2, 0.25) is 0 Å². The summed E-state index contributed by atoms with van der Waals surface area (Å²) in [5, 5.41) is 26.2. The molecule has 5 heteroatoms. The zero-order valence-corrected chi connectivity index (χ0v) is 59.5. The van der Waals surface area contributed by atoms with Crippen LogP contribution in [0, 0.1) is 22.7 Å². The quantitative estimate of drug-likeness (QED) is 0.152. The Morgan fingerprint density at radius 3 is 1.28 bits per heavy atom. The van der Waals surface area contributed by atoms with Gasteiger partial charge >= 0.3 is 0 Å². The molecule has 19 aromatic rings. The molecule has 0 N–H and O–H groups in total. The third-order valence-corrected chi connectivity index (χ3v) is 23.8. The molecule has 0 spiro atoms. The summed E-state index contributed by atoms with van der Waals surface area (Å²) in [5.41, 5.74) is 35.5. The molecule has 5 nitrogen and oxygen atoms in total. The second-order valence-electron chi connectivity index (χ2n) is 29.6. The van der Waals surface area contributed by atoms with Gasteiger partial charge in [0.15, 0.2) is 0 Å². The normalized spacial score (nSPS) is 13.9. The van der Waals surface area contributed by atoms with Crippen LogP contribution >= 0.6 is 0 Å². The summed E-state index contributed by atoms with van der Waals surface area (Å²) in [6.07, 6.45) is 0. The van der Waals surface area contributed by atoms with Gasteiger partial charge in [0.1, 0.15) is 0 Å². The highest BCUT2D eigenvalue weighted by atomic mass is 15.0. The second-order valence-corrected chi connectivity index (χ2v) is 29.6. The molecule has 16 aromatic carbocycles. The maximum absolute atomic E-state index is 9.44. The Morgan fingerprint density at radius 1 is 0.278 bits per heavy atom. The summed E-state index contributed by atoms with van der Waals surface area (Å²) >= 11 is 0. The molecule has 0 fully saturated rings. The Bertz CT molecular complexity index is 6990. The van der Waals surface area contributed by atoms with Crippen molar-refractivity contribution in [1.82, 2.24) is 13.7 Å². The summed E-state index contributed by atoms with van der Waals surface area (Å²) in [6.45, 7) is 4.67. The van der Waals surface area contributed by atoms with E-state index in [1.165, 1.54) is 171 Å². The van der Waals surface area contributed by atoms with Gasteiger partial charge in [0.05, 0.1) is 67.5 Å². The fraction of sp³-hybridized carbons (Fsp3) is 0.0485. The van der Waals surface area contributed by atoms with E-state index in [-0.39, 0.29) is 11.3 Å².